The number of rotatable bonds is 3. The molecule has 0 radical (unpaired) electrons. The second kappa shape index (κ2) is 5.33. The fourth-order valence-corrected chi connectivity index (χ4v) is 3.04. The van der Waals surface area contributed by atoms with Crippen molar-refractivity contribution in [2.75, 3.05) is 40.4 Å². The van der Waals surface area contributed by atoms with Crippen molar-refractivity contribution in [3.8, 4) is 0 Å². The van der Waals surface area contributed by atoms with Crippen LogP contribution in [-0.2, 0) is 9.53 Å². The Balaban J connectivity index is 1.99. The molecule has 2 aliphatic rings. The molecule has 3 atom stereocenters. The van der Waals surface area contributed by atoms with Crippen molar-refractivity contribution in [1.29, 1.82) is 0 Å². The minimum atomic E-state index is -0.508. The molecular formula is C12H23N3O2. The van der Waals surface area contributed by atoms with Gasteiger partial charge in [0.15, 0.2) is 0 Å². The summed E-state index contributed by atoms with van der Waals surface area (Å²) in [4.78, 5) is 16.5. The molecule has 0 aromatic heterocycles. The quantitative estimate of drug-likeness (QED) is 0.724. The maximum Gasteiger partial charge on any atom is 0.242 e. The van der Waals surface area contributed by atoms with Gasteiger partial charge in [-0.1, -0.05) is 0 Å². The van der Waals surface area contributed by atoms with Gasteiger partial charge in [-0.15, -0.1) is 0 Å². The maximum atomic E-state index is 12.2. The van der Waals surface area contributed by atoms with Crippen LogP contribution in [0.2, 0.25) is 0 Å². The molecule has 0 saturated carbocycles. The molecule has 0 aromatic rings. The van der Waals surface area contributed by atoms with Crippen molar-refractivity contribution < 1.29 is 9.53 Å². The molecule has 2 heterocycles. The zero-order valence-electron chi connectivity index (χ0n) is 10.8. The molecule has 5 nitrogen and oxygen atoms in total. The second-order valence-electron chi connectivity index (χ2n) is 5.26. The number of likely N-dealkylation sites (N-methyl/N-ethyl adjacent to an activating group) is 1. The third-order valence-electron chi connectivity index (χ3n) is 4.01. The number of carbonyl (C=O) groups is 1. The Hall–Kier alpha value is -0.650. The Kier molecular flexibility index (Phi) is 4.01. The van der Waals surface area contributed by atoms with Crippen molar-refractivity contribution in [1.82, 2.24) is 9.80 Å². The Bertz CT molecular complexity index is 285. The van der Waals surface area contributed by atoms with Gasteiger partial charge in [-0.05, 0) is 32.4 Å². The van der Waals surface area contributed by atoms with Crippen LogP contribution in [0.5, 0.6) is 0 Å². The molecule has 2 saturated heterocycles. The van der Waals surface area contributed by atoms with Gasteiger partial charge in [0.2, 0.25) is 5.91 Å². The van der Waals surface area contributed by atoms with E-state index in [0.717, 1.165) is 26.1 Å². The van der Waals surface area contributed by atoms with Crippen molar-refractivity contribution in [2.45, 2.75) is 24.9 Å². The van der Waals surface area contributed by atoms with Crippen LogP contribution in [0.15, 0.2) is 0 Å². The van der Waals surface area contributed by atoms with Crippen LogP contribution in [0.25, 0.3) is 0 Å². The summed E-state index contributed by atoms with van der Waals surface area (Å²) in [6, 6.07) is -0.143. The molecule has 98 valence electrons. The predicted octanol–water partition coefficient (Wildman–Crippen LogP) is -0.487. The number of hydrogen-bond donors (Lipinski definition) is 1. The lowest BCUT2D eigenvalue weighted by atomic mass is 9.92. The summed E-state index contributed by atoms with van der Waals surface area (Å²) >= 11 is 0. The summed E-state index contributed by atoms with van der Waals surface area (Å²) in [6.07, 6.45) is 2.33. The Morgan fingerprint density at radius 3 is 2.88 bits per heavy atom. The van der Waals surface area contributed by atoms with E-state index >= 15 is 0 Å². The molecule has 1 amide bonds. The first-order valence-electron chi connectivity index (χ1n) is 6.37. The van der Waals surface area contributed by atoms with E-state index in [4.69, 9.17) is 10.5 Å². The van der Waals surface area contributed by atoms with Crippen LogP contribution in [0, 0.1) is 5.92 Å². The number of nitrogens with two attached hydrogens (primary N) is 1. The lowest BCUT2D eigenvalue weighted by Gasteiger charge is -2.37. The highest BCUT2D eigenvalue weighted by Gasteiger charge is 2.40. The van der Waals surface area contributed by atoms with Crippen molar-refractivity contribution in [2.24, 2.45) is 11.7 Å². The normalized spacial score (nSPS) is 31.4. The highest BCUT2D eigenvalue weighted by atomic mass is 16.5. The Morgan fingerprint density at radius 2 is 2.18 bits per heavy atom. The van der Waals surface area contributed by atoms with Crippen molar-refractivity contribution >= 4 is 5.91 Å². The number of piperidine rings is 1. The zero-order valence-corrected chi connectivity index (χ0v) is 10.8. The summed E-state index contributed by atoms with van der Waals surface area (Å²) in [6.45, 7) is 3.30. The van der Waals surface area contributed by atoms with E-state index in [0.29, 0.717) is 18.6 Å². The molecule has 2 fully saturated rings. The smallest absolute Gasteiger partial charge is 0.242 e. The number of hydrogen-bond acceptors (Lipinski definition) is 4. The number of ether oxygens (including phenoxy) is 1. The van der Waals surface area contributed by atoms with Gasteiger partial charge in [0, 0.05) is 26.2 Å². The first-order valence-corrected chi connectivity index (χ1v) is 6.37. The summed E-state index contributed by atoms with van der Waals surface area (Å²) in [5.74, 6) is 0.722. The SMILES string of the molecule is COCC(N)C(=O)N1CCC2CCN(C)CC21. The van der Waals surface area contributed by atoms with E-state index in [2.05, 4.69) is 11.9 Å². The van der Waals surface area contributed by atoms with E-state index in [-0.39, 0.29) is 5.91 Å². The van der Waals surface area contributed by atoms with Gasteiger partial charge >= 0.3 is 0 Å². The third-order valence-corrected chi connectivity index (χ3v) is 4.01. The number of fused-ring (bicyclic) bond motifs is 1. The monoisotopic (exact) mass is 241 g/mol. The van der Waals surface area contributed by atoms with Gasteiger partial charge in [-0.3, -0.25) is 4.79 Å². The van der Waals surface area contributed by atoms with E-state index in [1.807, 2.05) is 4.90 Å². The van der Waals surface area contributed by atoms with E-state index < -0.39 is 6.04 Å². The Morgan fingerprint density at radius 1 is 1.47 bits per heavy atom. The van der Waals surface area contributed by atoms with E-state index in [1.165, 1.54) is 6.42 Å². The number of amides is 1. The lowest BCUT2D eigenvalue weighted by molar-refractivity contribution is -0.135. The molecule has 17 heavy (non-hydrogen) atoms. The topological polar surface area (TPSA) is 58.8 Å². The molecule has 0 bridgehead atoms. The van der Waals surface area contributed by atoms with E-state index in [1.54, 1.807) is 7.11 Å². The number of carbonyl (C=O) groups excluding carboxylic acids is 1. The summed E-state index contributed by atoms with van der Waals surface area (Å²) in [7, 11) is 3.70. The summed E-state index contributed by atoms with van der Waals surface area (Å²) in [5, 5.41) is 0. The van der Waals surface area contributed by atoms with Crippen LogP contribution in [0.3, 0.4) is 0 Å². The van der Waals surface area contributed by atoms with Gasteiger partial charge < -0.3 is 20.3 Å². The minimum absolute atomic E-state index is 0.0506. The average Bonchev–Trinajstić information content (AvgIpc) is 2.71. The number of likely N-dealkylation sites (tertiary alicyclic amines) is 2. The fourth-order valence-electron chi connectivity index (χ4n) is 3.04. The van der Waals surface area contributed by atoms with Crippen LogP contribution in [0.1, 0.15) is 12.8 Å². The second-order valence-corrected chi connectivity index (χ2v) is 5.26. The summed E-state index contributed by atoms with van der Waals surface area (Å²) < 4.78 is 4.96. The number of methoxy groups -OCH3 is 1. The molecule has 2 N–H and O–H groups in total. The van der Waals surface area contributed by atoms with Gasteiger partial charge in [0.25, 0.3) is 0 Å². The van der Waals surface area contributed by atoms with Crippen LogP contribution in [0.4, 0.5) is 0 Å². The van der Waals surface area contributed by atoms with Crippen LogP contribution >= 0.6 is 0 Å². The van der Waals surface area contributed by atoms with E-state index in [9.17, 15) is 4.79 Å². The minimum Gasteiger partial charge on any atom is -0.383 e. The van der Waals surface area contributed by atoms with Gasteiger partial charge in [-0.25, -0.2) is 0 Å². The van der Waals surface area contributed by atoms with Gasteiger partial charge in [0.05, 0.1) is 6.61 Å². The lowest BCUT2D eigenvalue weighted by Crippen LogP contribution is -2.53. The molecule has 0 aliphatic carbocycles. The van der Waals surface area contributed by atoms with Crippen molar-refractivity contribution in [3.63, 3.8) is 0 Å². The van der Waals surface area contributed by atoms with Crippen LogP contribution in [-0.4, -0.2) is 68.2 Å². The van der Waals surface area contributed by atoms with Crippen LogP contribution < -0.4 is 5.73 Å². The first-order chi connectivity index (χ1) is 8.13. The zero-order chi connectivity index (χ0) is 12.4. The average molecular weight is 241 g/mol. The largest absolute Gasteiger partial charge is 0.383 e. The maximum absolute atomic E-state index is 12.2. The molecule has 2 aliphatic heterocycles. The third kappa shape index (κ3) is 2.61. The first kappa shape index (κ1) is 12.8. The molecule has 0 aromatic carbocycles. The predicted molar refractivity (Wildman–Crippen MR) is 65.6 cm³/mol. The highest BCUT2D eigenvalue weighted by molar-refractivity contribution is 5.82. The van der Waals surface area contributed by atoms with Gasteiger partial charge in [0.1, 0.15) is 6.04 Å². The standard InChI is InChI=1S/C12H23N3O2/c1-14-5-3-9-4-6-15(11(9)7-14)12(16)10(13)8-17-2/h9-11H,3-8,13H2,1-2H3. The molecular weight excluding hydrogens is 218 g/mol. The summed E-state index contributed by atoms with van der Waals surface area (Å²) in [5.41, 5.74) is 5.83. The molecule has 5 heteroatoms. The molecule has 2 rings (SSSR count). The fraction of sp³-hybridized carbons (Fsp3) is 0.917. The van der Waals surface area contributed by atoms with Gasteiger partial charge in [-0.2, -0.15) is 0 Å². The number of nitrogens with zero attached hydrogens (tertiary/aromatic N) is 2. The van der Waals surface area contributed by atoms with Crippen molar-refractivity contribution in [3.05, 3.63) is 0 Å². The Labute approximate surface area is 103 Å². The highest BCUT2D eigenvalue weighted by Crippen LogP contribution is 2.31. The molecule has 0 spiro atoms. The molecule has 3 unspecified atom stereocenters.